The molecule has 3 nitrogen and oxygen atoms in total. The fourth-order valence-electron chi connectivity index (χ4n) is 4.17. The van der Waals surface area contributed by atoms with Gasteiger partial charge in [-0.1, -0.05) is 66.3 Å². The van der Waals surface area contributed by atoms with E-state index in [2.05, 4.69) is 5.32 Å². The van der Waals surface area contributed by atoms with Gasteiger partial charge in [0.2, 0.25) is 15.9 Å². The number of nitrogens with one attached hydrogen (secondary N) is 1. The van der Waals surface area contributed by atoms with E-state index in [9.17, 15) is 4.79 Å². The van der Waals surface area contributed by atoms with Crippen LogP contribution in [0.5, 0.6) is 5.75 Å². The zero-order valence-corrected chi connectivity index (χ0v) is 15.8. The van der Waals surface area contributed by atoms with Crippen LogP contribution in [0.2, 0.25) is 0 Å². The maximum absolute atomic E-state index is 12.7. The third-order valence-electron chi connectivity index (χ3n) is 5.42. The average Bonchev–Trinajstić information content (AvgIpc) is 3.16. The standard InChI is InChI=1S/C18H22Cl3NO2/c1-11(15-10-12-7-8-13(15)9-12)16(23)22-17(18(19,20)21)24-14-5-3-2-4-6-14/h2-6,11-13,15,17H,7-10H2,1H3,(H,22,23). The molecule has 132 valence electrons. The molecule has 1 aromatic carbocycles. The Morgan fingerprint density at radius 2 is 1.92 bits per heavy atom. The summed E-state index contributed by atoms with van der Waals surface area (Å²) in [5.41, 5.74) is 0. The molecule has 1 aromatic rings. The van der Waals surface area contributed by atoms with Crippen molar-refractivity contribution in [1.82, 2.24) is 5.32 Å². The Morgan fingerprint density at radius 3 is 2.46 bits per heavy atom. The molecule has 0 heterocycles. The van der Waals surface area contributed by atoms with Gasteiger partial charge in [0.1, 0.15) is 5.75 Å². The molecule has 5 atom stereocenters. The highest BCUT2D eigenvalue weighted by Gasteiger charge is 2.45. The third kappa shape index (κ3) is 4.12. The Balaban J connectivity index is 1.64. The van der Waals surface area contributed by atoms with Crippen LogP contribution in [-0.4, -0.2) is 15.9 Å². The number of benzene rings is 1. The number of fused-ring (bicyclic) bond motifs is 2. The highest BCUT2D eigenvalue weighted by Crippen LogP contribution is 2.51. The number of halogens is 3. The second-order valence-corrected chi connectivity index (χ2v) is 9.36. The van der Waals surface area contributed by atoms with Crippen molar-refractivity contribution in [2.24, 2.45) is 23.7 Å². The van der Waals surface area contributed by atoms with Gasteiger partial charge in [-0.05, 0) is 49.1 Å². The van der Waals surface area contributed by atoms with Crippen molar-refractivity contribution in [3.05, 3.63) is 30.3 Å². The van der Waals surface area contributed by atoms with Gasteiger partial charge in [0.15, 0.2) is 0 Å². The molecule has 6 heteroatoms. The quantitative estimate of drug-likeness (QED) is 0.570. The van der Waals surface area contributed by atoms with Gasteiger partial charge in [-0.25, -0.2) is 0 Å². The van der Waals surface area contributed by atoms with Crippen LogP contribution in [0.15, 0.2) is 30.3 Å². The second kappa shape index (κ2) is 7.31. The summed E-state index contributed by atoms with van der Waals surface area (Å²) in [6, 6.07) is 9.03. The number of hydrogen-bond donors (Lipinski definition) is 1. The SMILES string of the molecule is CC(C(=O)NC(Oc1ccccc1)C(Cl)(Cl)Cl)C1CC2CCC1C2. The van der Waals surface area contributed by atoms with Crippen LogP contribution in [0.25, 0.3) is 0 Å². The predicted molar refractivity (Wildman–Crippen MR) is 97.4 cm³/mol. The zero-order valence-electron chi connectivity index (χ0n) is 13.6. The molecular weight excluding hydrogens is 369 g/mol. The van der Waals surface area contributed by atoms with Gasteiger partial charge >= 0.3 is 0 Å². The minimum atomic E-state index is -1.75. The van der Waals surface area contributed by atoms with Crippen LogP contribution in [-0.2, 0) is 4.79 Å². The summed E-state index contributed by atoms with van der Waals surface area (Å²) in [7, 11) is 0. The van der Waals surface area contributed by atoms with E-state index in [1.165, 1.54) is 19.3 Å². The fraction of sp³-hybridized carbons (Fsp3) is 0.611. The van der Waals surface area contributed by atoms with Crippen molar-refractivity contribution in [1.29, 1.82) is 0 Å². The Labute approximate surface area is 158 Å². The molecule has 1 amide bonds. The lowest BCUT2D eigenvalue weighted by Gasteiger charge is -2.31. The highest BCUT2D eigenvalue weighted by atomic mass is 35.6. The summed E-state index contributed by atoms with van der Waals surface area (Å²) >= 11 is 18.0. The molecule has 2 aliphatic carbocycles. The molecule has 2 aliphatic rings. The van der Waals surface area contributed by atoms with E-state index in [1.807, 2.05) is 25.1 Å². The van der Waals surface area contributed by atoms with Crippen LogP contribution >= 0.6 is 34.8 Å². The van der Waals surface area contributed by atoms with Crippen molar-refractivity contribution >= 4 is 40.7 Å². The van der Waals surface area contributed by atoms with Crippen molar-refractivity contribution in [2.45, 2.75) is 42.6 Å². The predicted octanol–water partition coefficient (Wildman–Crippen LogP) is 4.95. The van der Waals surface area contributed by atoms with Crippen molar-refractivity contribution in [2.75, 3.05) is 0 Å². The molecule has 1 N–H and O–H groups in total. The number of para-hydroxylation sites is 1. The first-order chi connectivity index (χ1) is 11.3. The molecule has 2 fully saturated rings. The number of ether oxygens (including phenoxy) is 1. The van der Waals surface area contributed by atoms with E-state index < -0.39 is 10.0 Å². The molecule has 3 rings (SSSR count). The maximum atomic E-state index is 12.7. The summed E-state index contributed by atoms with van der Waals surface area (Å²) in [6.45, 7) is 1.97. The molecule has 5 unspecified atom stereocenters. The smallest absolute Gasteiger partial charge is 0.246 e. The summed E-state index contributed by atoms with van der Waals surface area (Å²) in [5, 5.41) is 2.78. The molecule has 0 radical (unpaired) electrons. The zero-order chi connectivity index (χ0) is 17.3. The van der Waals surface area contributed by atoms with Crippen LogP contribution in [0.4, 0.5) is 0 Å². The van der Waals surface area contributed by atoms with E-state index in [0.717, 1.165) is 12.3 Å². The van der Waals surface area contributed by atoms with Gasteiger partial charge in [-0.2, -0.15) is 0 Å². The van der Waals surface area contributed by atoms with E-state index in [0.29, 0.717) is 17.6 Å². The van der Waals surface area contributed by atoms with Gasteiger partial charge in [0.25, 0.3) is 0 Å². The lowest BCUT2D eigenvalue weighted by atomic mass is 9.80. The number of amides is 1. The average molecular weight is 391 g/mol. The molecule has 0 aliphatic heterocycles. The van der Waals surface area contributed by atoms with Gasteiger partial charge in [0.05, 0.1) is 0 Å². The van der Waals surface area contributed by atoms with E-state index in [-0.39, 0.29) is 11.8 Å². The summed E-state index contributed by atoms with van der Waals surface area (Å²) in [6.07, 6.45) is 3.91. The van der Waals surface area contributed by atoms with E-state index >= 15 is 0 Å². The molecule has 0 spiro atoms. The van der Waals surface area contributed by atoms with Crippen LogP contribution in [0, 0.1) is 23.7 Å². The summed E-state index contributed by atoms with van der Waals surface area (Å²) in [5.74, 6) is 2.21. The Hall–Kier alpha value is -0.640. The second-order valence-electron chi connectivity index (χ2n) is 6.99. The van der Waals surface area contributed by atoms with Crippen molar-refractivity contribution in [3.8, 4) is 5.75 Å². The van der Waals surface area contributed by atoms with Gasteiger partial charge in [-0.15, -0.1) is 0 Å². The minimum Gasteiger partial charge on any atom is -0.466 e. The molecule has 2 saturated carbocycles. The lowest BCUT2D eigenvalue weighted by Crippen LogP contribution is -2.50. The summed E-state index contributed by atoms with van der Waals surface area (Å²) < 4.78 is 3.95. The third-order valence-corrected chi connectivity index (χ3v) is 6.01. The number of alkyl halides is 3. The Morgan fingerprint density at radius 1 is 1.21 bits per heavy atom. The molecule has 24 heavy (non-hydrogen) atoms. The first-order valence-corrected chi connectivity index (χ1v) is 9.57. The topological polar surface area (TPSA) is 38.3 Å². The van der Waals surface area contributed by atoms with Crippen molar-refractivity contribution < 1.29 is 9.53 Å². The van der Waals surface area contributed by atoms with Crippen LogP contribution in [0.1, 0.15) is 32.6 Å². The van der Waals surface area contributed by atoms with Gasteiger partial charge in [-0.3, -0.25) is 4.79 Å². The van der Waals surface area contributed by atoms with E-state index in [4.69, 9.17) is 39.5 Å². The monoisotopic (exact) mass is 389 g/mol. The van der Waals surface area contributed by atoms with Gasteiger partial charge in [0, 0.05) is 5.92 Å². The lowest BCUT2D eigenvalue weighted by molar-refractivity contribution is -0.129. The normalized spacial score (nSPS) is 28.4. The molecule has 0 aromatic heterocycles. The molecule has 2 bridgehead atoms. The number of hydrogen-bond acceptors (Lipinski definition) is 2. The minimum absolute atomic E-state index is 0.102. The number of rotatable bonds is 5. The number of carbonyl (C=O) groups is 1. The molecular formula is C18H22Cl3NO2. The maximum Gasteiger partial charge on any atom is 0.246 e. The van der Waals surface area contributed by atoms with E-state index in [1.54, 1.807) is 12.1 Å². The first-order valence-electron chi connectivity index (χ1n) is 8.43. The van der Waals surface area contributed by atoms with Crippen molar-refractivity contribution in [3.63, 3.8) is 0 Å². The summed E-state index contributed by atoms with van der Waals surface area (Å²) in [4.78, 5) is 12.7. The van der Waals surface area contributed by atoms with Gasteiger partial charge < -0.3 is 10.1 Å². The molecule has 0 saturated heterocycles. The Bertz CT molecular complexity index is 575. The first kappa shape index (κ1) is 18.2. The Kier molecular flexibility index (Phi) is 5.53. The highest BCUT2D eigenvalue weighted by molar-refractivity contribution is 6.68. The number of carbonyl (C=O) groups excluding carboxylic acids is 1. The largest absolute Gasteiger partial charge is 0.466 e. The fourth-order valence-corrected chi connectivity index (χ4v) is 4.47. The van der Waals surface area contributed by atoms with Crippen LogP contribution in [0.3, 0.4) is 0 Å². The van der Waals surface area contributed by atoms with Crippen LogP contribution < -0.4 is 10.1 Å².